The summed E-state index contributed by atoms with van der Waals surface area (Å²) in [6.45, 7) is 2.00. The molecule has 26 heavy (non-hydrogen) atoms. The number of pyridine rings is 1. The number of urea groups is 1. The maximum atomic E-state index is 12.5. The van der Waals surface area contributed by atoms with Gasteiger partial charge in [-0.2, -0.15) is 0 Å². The van der Waals surface area contributed by atoms with Crippen LogP contribution in [0.1, 0.15) is 28.9 Å². The predicted octanol–water partition coefficient (Wildman–Crippen LogP) is 3.34. The van der Waals surface area contributed by atoms with Gasteiger partial charge in [0.25, 0.3) is 5.91 Å². The van der Waals surface area contributed by atoms with Gasteiger partial charge in [-0.05, 0) is 43.2 Å². The molecule has 1 aromatic heterocycles. The van der Waals surface area contributed by atoms with Gasteiger partial charge in [0.2, 0.25) is 0 Å². The molecule has 0 aliphatic carbocycles. The molecule has 136 valence electrons. The lowest BCUT2D eigenvalue weighted by molar-refractivity contribution is 0.0793. The lowest BCUT2D eigenvalue weighted by Crippen LogP contribution is -2.31. The topological polar surface area (TPSA) is 74.3 Å². The molecule has 1 saturated heterocycles. The fourth-order valence-corrected chi connectivity index (χ4v) is 3.04. The average molecular weight is 373 g/mol. The van der Waals surface area contributed by atoms with Gasteiger partial charge in [-0.1, -0.05) is 17.7 Å². The van der Waals surface area contributed by atoms with E-state index in [1.165, 1.54) is 0 Å². The molecule has 2 aromatic rings. The smallest absolute Gasteiger partial charge is 0.319 e. The summed E-state index contributed by atoms with van der Waals surface area (Å²) < 4.78 is 0. The van der Waals surface area contributed by atoms with Gasteiger partial charge >= 0.3 is 6.03 Å². The third-order valence-corrected chi connectivity index (χ3v) is 4.58. The zero-order valence-electron chi connectivity index (χ0n) is 14.4. The Morgan fingerprint density at radius 3 is 2.69 bits per heavy atom. The summed E-state index contributed by atoms with van der Waals surface area (Å²) in [7, 11) is 0. The number of hydrogen-bond acceptors (Lipinski definition) is 3. The van der Waals surface area contributed by atoms with Crippen LogP contribution in [-0.4, -0.2) is 41.5 Å². The second kappa shape index (κ2) is 8.67. The molecule has 0 unspecified atom stereocenters. The lowest BCUT2D eigenvalue weighted by atomic mass is 10.1. The monoisotopic (exact) mass is 372 g/mol. The van der Waals surface area contributed by atoms with E-state index in [0.29, 0.717) is 29.2 Å². The SMILES string of the molecule is O=C(NCCc1ccccn1)Nc1cc(C(=O)N2CCCC2)ccc1Cl. The minimum Gasteiger partial charge on any atom is -0.339 e. The maximum absolute atomic E-state index is 12.5. The molecule has 0 saturated carbocycles. The number of nitrogens with one attached hydrogen (secondary N) is 2. The summed E-state index contributed by atoms with van der Waals surface area (Å²) in [5.41, 5.74) is 1.86. The highest BCUT2D eigenvalue weighted by molar-refractivity contribution is 6.33. The van der Waals surface area contributed by atoms with Crippen molar-refractivity contribution in [3.05, 3.63) is 58.9 Å². The fraction of sp³-hybridized carbons (Fsp3) is 0.316. The van der Waals surface area contributed by atoms with Crippen LogP contribution in [0.5, 0.6) is 0 Å². The van der Waals surface area contributed by atoms with Crippen molar-refractivity contribution in [3.63, 3.8) is 0 Å². The summed E-state index contributed by atoms with van der Waals surface area (Å²) in [6.07, 6.45) is 4.42. The number of aromatic nitrogens is 1. The van der Waals surface area contributed by atoms with E-state index in [4.69, 9.17) is 11.6 Å². The van der Waals surface area contributed by atoms with Gasteiger partial charge in [-0.25, -0.2) is 4.79 Å². The Balaban J connectivity index is 1.57. The van der Waals surface area contributed by atoms with Gasteiger partial charge in [0.05, 0.1) is 10.7 Å². The first-order chi connectivity index (χ1) is 12.6. The maximum Gasteiger partial charge on any atom is 0.319 e. The van der Waals surface area contributed by atoms with Crippen molar-refractivity contribution < 1.29 is 9.59 Å². The number of halogens is 1. The standard InChI is InChI=1S/C19H21ClN4O2/c20-16-7-6-14(18(25)24-11-3-4-12-24)13-17(16)23-19(26)22-10-8-15-5-1-2-9-21-15/h1-2,5-7,9,13H,3-4,8,10-12H2,(H2,22,23,26). The molecule has 2 heterocycles. The van der Waals surface area contributed by atoms with Crippen molar-refractivity contribution in [3.8, 4) is 0 Å². The zero-order valence-corrected chi connectivity index (χ0v) is 15.1. The van der Waals surface area contributed by atoms with Crippen LogP contribution in [0.25, 0.3) is 0 Å². The van der Waals surface area contributed by atoms with Crippen molar-refractivity contribution in [2.24, 2.45) is 0 Å². The van der Waals surface area contributed by atoms with Gasteiger partial charge in [0, 0.05) is 43.5 Å². The number of carbonyl (C=O) groups excluding carboxylic acids is 2. The molecule has 1 aromatic carbocycles. The van der Waals surface area contributed by atoms with Crippen molar-refractivity contribution >= 4 is 29.2 Å². The van der Waals surface area contributed by atoms with E-state index in [1.54, 1.807) is 24.4 Å². The van der Waals surface area contributed by atoms with Crippen LogP contribution in [0.3, 0.4) is 0 Å². The Morgan fingerprint density at radius 1 is 1.15 bits per heavy atom. The molecule has 1 aliphatic rings. The van der Waals surface area contributed by atoms with Crippen molar-refractivity contribution in [1.82, 2.24) is 15.2 Å². The number of anilines is 1. The molecule has 2 N–H and O–H groups in total. The first-order valence-corrected chi connectivity index (χ1v) is 9.05. The van der Waals surface area contributed by atoms with Crippen LogP contribution in [0.4, 0.5) is 10.5 Å². The van der Waals surface area contributed by atoms with Crippen LogP contribution < -0.4 is 10.6 Å². The number of carbonyl (C=O) groups is 2. The molecule has 1 aliphatic heterocycles. The average Bonchev–Trinajstić information content (AvgIpc) is 3.18. The minimum absolute atomic E-state index is 0.0298. The highest BCUT2D eigenvalue weighted by Gasteiger charge is 2.20. The van der Waals surface area contributed by atoms with E-state index in [2.05, 4.69) is 15.6 Å². The molecule has 0 atom stereocenters. The van der Waals surface area contributed by atoms with Crippen LogP contribution >= 0.6 is 11.6 Å². The molecule has 0 spiro atoms. The summed E-state index contributed by atoms with van der Waals surface area (Å²) in [5, 5.41) is 5.87. The van der Waals surface area contributed by atoms with Gasteiger partial charge in [0.15, 0.2) is 0 Å². The van der Waals surface area contributed by atoms with E-state index in [-0.39, 0.29) is 11.9 Å². The third-order valence-electron chi connectivity index (χ3n) is 4.25. The second-order valence-corrected chi connectivity index (χ2v) is 6.55. The van der Waals surface area contributed by atoms with E-state index < -0.39 is 0 Å². The van der Waals surface area contributed by atoms with Gasteiger partial charge in [-0.3, -0.25) is 9.78 Å². The van der Waals surface area contributed by atoms with Gasteiger partial charge < -0.3 is 15.5 Å². The summed E-state index contributed by atoms with van der Waals surface area (Å²) in [5.74, 6) is -0.0298. The zero-order chi connectivity index (χ0) is 18.4. The molecule has 7 heteroatoms. The Hall–Kier alpha value is -2.60. The van der Waals surface area contributed by atoms with E-state index >= 15 is 0 Å². The number of likely N-dealkylation sites (tertiary alicyclic amines) is 1. The first kappa shape index (κ1) is 18.2. The van der Waals surface area contributed by atoms with Crippen molar-refractivity contribution in [2.45, 2.75) is 19.3 Å². The molecular weight excluding hydrogens is 352 g/mol. The molecule has 3 rings (SSSR count). The molecule has 3 amide bonds. The summed E-state index contributed by atoms with van der Waals surface area (Å²) in [4.78, 5) is 30.6. The number of nitrogens with zero attached hydrogens (tertiary/aromatic N) is 2. The number of amides is 3. The third kappa shape index (κ3) is 4.73. The Bertz CT molecular complexity index is 776. The van der Waals surface area contributed by atoms with Gasteiger partial charge in [-0.15, -0.1) is 0 Å². The largest absolute Gasteiger partial charge is 0.339 e. The van der Waals surface area contributed by atoms with Gasteiger partial charge in [0.1, 0.15) is 0 Å². The summed E-state index contributed by atoms with van der Waals surface area (Å²) >= 11 is 6.16. The quantitative estimate of drug-likeness (QED) is 0.845. The summed E-state index contributed by atoms with van der Waals surface area (Å²) in [6, 6.07) is 10.2. The molecule has 1 fully saturated rings. The normalized spacial score (nSPS) is 13.5. The van der Waals surface area contributed by atoms with Crippen LogP contribution in [0.2, 0.25) is 5.02 Å². The van der Waals surface area contributed by atoms with E-state index in [1.807, 2.05) is 23.1 Å². The Labute approximate surface area is 157 Å². The minimum atomic E-state index is -0.367. The Morgan fingerprint density at radius 2 is 1.96 bits per heavy atom. The highest BCUT2D eigenvalue weighted by Crippen LogP contribution is 2.24. The second-order valence-electron chi connectivity index (χ2n) is 6.15. The van der Waals surface area contributed by atoms with Crippen LogP contribution in [0.15, 0.2) is 42.6 Å². The lowest BCUT2D eigenvalue weighted by Gasteiger charge is -2.16. The molecule has 0 bridgehead atoms. The number of hydrogen-bond donors (Lipinski definition) is 2. The van der Waals surface area contributed by atoms with Crippen molar-refractivity contribution in [1.29, 1.82) is 0 Å². The van der Waals surface area contributed by atoms with E-state index in [9.17, 15) is 9.59 Å². The van der Waals surface area contributed by atoms with Crippen LogP contribution in [-0.2, 0) is 6.42 Å². The predicted molar refractivity (Wildman–Crippen MR) is 102 cm³/mol. The molecule has 0 radical (unpaired) electrons. The van der Waals surface area contributed by atoms with Crippen LogP contribution in [0, 0.1) is 0 Å². The van der Waals surface area contributed by atoms with Crippen molar-refractivity contribution in [2.75, 3.05) is 25.0 Å². The first-order valence-electron chi connectivity index (χ1n) is 8.67. The number of rotatable bonds is 5. The molecule has 6 nitrogen and oxygen atoms in total. The van der Waals surface area contributed by atoms with E-state index in [0.717, 1.165) is 31.6 Å². The Kier molecular flexibility index (Phi) is 6.07. The molecular formula is C19H21ClN4O2. The highest BCUT2D eigenvalue weighted by atomic mass is 35.5. The number of benzene rings is 1. The fourth-order valence-electron chi connectivity index (χ4n) is 2.87.